The Morgan fingerprint density at radius 2 is 2.31 bits per heavy atom. The van der Waals surface area contributed by atoms with Crippen LogP contribution in [0.25, 0.3) is 0 Å². The standard InChI is InChI=1S/C12H26N2O2/c1-4-16-10-12(15)9-14(3)8-11-5-6-13(2)7-11/h11-12,15H,4-10H2,1-3H3. The molecule has 96 valence electrons. The molecule has 16 heavy (non-hydrogen) atoms. The molecule has 0 aromatic carbocycles. The van der Waals surface area contributed by atoms with Gasteiger partial charge >= 0.3 is 0 Å². The van der Waals surface area contributed by atoms with Gasteiger partial charge in [0.2, 0.25) is 0 Å². The topological polar surface area (TPSA) is 35.9 Å². The van der Waals surface area contributed by atoms with Gasteiger partial charge in [0.15, 0.2) is 0 Å². The predicted molar refractivity (Wildman–Crippen MR) is 65.6 cm³/mol. The molecule has 0 aliphatic carbocycles. The third-order valence-corrected chi connectivity index (χ3v) is 3.10. The molecule has 0 spiro atoms. The first-order valence-corrected chi connectivity index (χ1v) is 6.24. The van der Waals surface area contributed by atoms with Crippen molar-refractivity contribution in [3.8, 4) is 0 Å². The average molecular weight is 230 g/mol. The van der Waals surface area contributed by atoms with E-state index in [0.29, 0.717) is 19.8 Å². The first-order valence-electron chi connectivity index (χ1n) is 6.24. The third-order valence-electron chi connectivity index (χ3n) is 3.10. The summed E-state index contributed by atoms with van der Waals surface area (Å²) in [7, 11) is 4.25. The van der Waals surface area contributed by atoms with Gasteiger partial charge in [-0.05, 0) is 39.9 Å². The third kappa shape index (κ3) is 5.25. The van der Waals surface area contributed by atoms with Crippen molar-refractivity contribution in [3.05, 3.63) is 0 Å². The van der Waals surface area contributed by atoms with E-state index < -0.39 is 0 Å². The molecule has 1 saturated heterocycles. The number of aliphatic hydroxyl groups is 1. The summed E-state index contributed by atoms with van der Waals surface area (Å²) in [5.74, 6) is 0.759. The van der Waals surface area contributed by atoms with Crippen molar-refractivity contribution in [3.63, 3.8) is 0 Å². The van der Waals surface area contributed by atoms with Gasteiger partial charge in [0.25, 0.3) is 0 Å². The van der Waals surface area contributed by atoms with Crippen LogP contribution >= 0.6 is 0 Å². The zero-order valence-corrected chi connectivity index (χ0v) is 10.9. The van der Waals surface area contributed by atoms with E-state index in [2.05, 4.69) is 23.9 Å². The van der Waals surface area contributed by atoms with Crippen molar-refractivity contribution in [2.45, 2.75) is 19.4 Å². The van der Waals surface area contributed by atoms with E-state index >= 15 is 0 Å². The number of likely N-dealkylation sites (N-methyl/N-ethyl adjacent to an activating group) is 1. The Labute approximate surface area is 99.2 Å². The van der Waals surface area contributed by atoms with Crippen molar-refractivity contribution in [2.24, 2.45) is 5.92 Å². The molecular weight excluding hydrogens is 204 g/mol. The SMILES string of the molecule is CCOCC(O)CN(C)CC1CCN(C)C1. The number of ether oxygens (including phenoxy) is 1. The van der Waals surface area contributed by atoms with Crippen LogP contribution in [0.2, 0.25) is 0 Å². The van der Waals surface area contributed by atoms with Crippen molar-refractivity contribution in [1.29, 1.82) is 0 Å². The number of hydrogen-bond donors (Lipinski definition) is 1. The zero-order valence-electron chi connectivity index (χ0n) is 10.9. The molecule has 2 unspecified atom stereocenters. The van der Waals surface area contributed by atoms with Crippen LogP contribution in [0, 0.1) is 5.92 Å². The monoisotopic (exact) mass is 230 g/mol. The van der Waals surface area contributed by atoms with E-state index in [1.165, 1.54) is 19.5 Å². The van der Waals surface area contributed by atoms with E-state index in [4.69, 9.17) is 4.74 Å². The molecule has 4 nitrogen and oxygen atoms in total. The van der Waals surface area contributed by atoms with Crippen LogP contribution in [0.1, 0.15) is 13.3 Å². The summed E-state index contributed by atoms with van der Waals surface area (Å²) in [6, 6.07) is 0. The van der Waals surface area contributed by atoms with Crippen LogP contribution in [-0.4, -0.2) is 74.5 Å². The van der Waals surface area contributed by atoms with E-state index in [9.17, 15) is 5.11 Å². The van der Waals surface area contributed by atoms with Crippen LogP contribution in [0.3, 0.4) is 0 Å². The summed E-state index contributed by atoms with van der Waals surface area (Å²) in [6.45, 7) is 7.25. The second kappa shape index (κ2) is 7.22. The molecule has 1 aliphatic heterocycles. The zero-order chi connectivity index (χ0) is 12.0. The predicted octanol–water partition coefficient (Wildman–Crippen LogP) is 0.267. The molecule has 0 saturated carbocycles. The maximum atomic E-state index is 9.70. The molecule has 0 amide bonds. The summed E-state index contributed by atoms with van der Waals surface area (Å²) in [5.41, 5.74) is 0. The van der Waals surface area contributed by atoms with Gasteiger partial charge in [-0.25, -0.2) is 0 Å². The lowest BCUT2D eigenvalue weighted by molar-refractivity contribution is 0.0235. The lowest BCUT2D eigenvalue weighted by Gasteiger charge is -2.23. The van der Waals surface area contributed by atoms with Crippen LogP contribution < -0.4 is 0 Å². The fourth-order valence-electron chi connectivity index (χ4n) is 2.36. The summed E-state index contributed by atoms with van der Waals surface area (Å²) in [5, 5.41) is 9.70. The van der Waals surface area contributed by atoms with Crippen LogP contribution in [0.5, 0.6) is 0 Å². The number of likely N-dealkylation sites (tertiary alicyclic amines) is 1. The summed E-state index contributed by atoms with van der Waals surface area (Å²) < 4.78 is 5.20. The van der Waals surface area contributed by atoms with Gasteiger partial charge in [-0.3, -0.25) is 0 Å². The first-order chi connectivity index (χ1) is 7.61. The van der Waals surface area contributed by atoms with Crippen LogP contribution in [-0.2, 0) is 4.74 Å². The second-order valence-electron chi connectivity index (χ2n) is 4.95. The van der Waals surface area contributed by atoms with Crippen LogP contribution in [0.15, 0.2) is 0 Å². The highest BCUT2D eigenvalue weighted by Crippen LogP contribution is 2.15. The smallest absolute Gasteiger partial charge is 0.0900 e. The lowest BCUT2D eigenvalue weighted by atomic mass is 10.1. The Kier molecular flexibility index (Phi) is 6.28. The fourth-order valence-corrected chi connectivity index (χ4v) is 2.36. The Morgan fingerprint density at radius 1 is 1.56 bits per heavy atom. The summed E-state index contributed by atoms with van der Waals surface area (Å²) in [4.78, 5) is 4.59. The summed E-state index contributed by atoms with van der Waals surface area (Å²) in [6.07, 6.45) is 0.923. The molecule has 0 aromatic rings. The van der Waals surface area contributed by atoms with Crippen LogP contribution in [0.4, 0.5) is 0 Å². The molecule has 1 fully saturated rings. The second-order valence-corrected chi connectivity index (χ2v) is 4.95. The Balaban J connectivity index is 2.12. The largest absolute Gasteiger partial charge is 0.389 e. The number of aliphatic hydroxyl groups excluding tert-OH is 1. The van der Waals surface area contributed by atoms with Crippen molar-refractivity contribution in [1.82, 2.24) is 9.80 Å². The number of nitrogens with zero attached hydrogens (tertiary/aromatic N) is 2. The maximum absolute atomic E-state index is 9.70. The summed E-state index contributed by atoms with van der Waals surface area (Å²) >= 11 is 0. The molecule has 1 aliphatic rings. The van der Waals surface area contributed by atoms with Gasteiger partial charge in [-0.1, -0.05) is 0 Å². The van der Waals surface area contributed by atoms with E-state index in [1.54, 1.807) is 0 Å². The van der Waals surface area contributed by atoms with Gasteiger partial charge in [0, 0.05) is 26.2 Å². The highest BCUT2D eigenvalue weighted by Gasteiger charge is 2.21. The van der Waals surface area contributed by atoms with Gasteiger partial charge in [-0.15, -0.1) is 0 Å². The van der Waals surface area contributed by atoms with E-state index in [1.807, 2.05) is 6.92 Å². The Morgan fingerprint density at radius 3 is 2.88 bits per heavy atom. The van der Waals surface area contributed by atoms with E-state index in [0.717, 1.165) is 12.5 Å². The first kappa shape index (κ1) is 13.9. The van der Waals surface area contributed by atoms with Gasteiger partial charge in [-0.2, -0.15) is 0 Å². The van der Waals surface area contributed by atoms with Crippen molar-refractivity contribution >= 4 is 0 Å². The molecule has 0 aromatic heterocycles. The van der Waals surface area contributed by atoms with E-state index in [-0.39, 0.29) is 6.10 Å². The highest BCUT2D eigenvalue weighted by atomic mass is 16.5. The molecule has 1 heterocycles. The van der Waals surface area contributed by atoms with Gasteiger partial charge < -0.3 is 19.6 Å². The molecule has 0 bridgehead atoms. The van der Waals surface area contributed by atoms with Crippen molar-refractivity contribution < 1.29 is 9.84 Å². The van der Waals surface area contributed by atoms with Crippen molar-refractivity contribution in [2.75, 3.05) is 53.5 Å². The minimum Gasteiger partial charge on any atom is -0.389 e. The molecular formula is C12H26N2O2. The molecule has 1 rings (SSSR count). The molecule has 4 heteroatoms. The maximum Gasteiger partial charge on any atom is 0.0900 e. The quantitative estimate of drug-likeness (QED) is 0.681. The Hall–Kier alpha value is -0.160. The van der Waals surface area contributed by atoms with Gasteiger partial charge in [0.1, 0.15) is 0 Å². The highest BCUT2D eigenvalue weighted by molar-refractivity contribution is 4.76. The number of rotatable bonds is 7. The average Bonchev–Trinajstić information content (AvgIpc) is 2.60. The molecule has 0 radical (unpaired) electrons. The number of hydrogen-bond acceptors (Lipinski definition) is 4. The Bertz CT molecular complexity index is 190. The lowest BCUT2D eigenvalue weighted by Crippen LogP contribution is -2.35. The van der Waals surface area contributed by atoms with Gasteiger partial charge in [0.05, 0.1) is 12.7 Å². The molecule has 2 atom stereocenters. The normalized spacial score (nSPS) is 24.2. The minimum absolute atomic E-state index is 0.357. The fraction of sp³-hybridized carbons (Fsp3) is 1.00. The minimum atomic E-state index is -0.357. The molecule has 1 N–H and O–H groups in total.